The average Bonchev–Trinajstić information content (AvgIpc) is 2.69. The molecule has 0 fully saturated rings. The predicted octanol–water partition coefficient (Wildman–Crippen LogP) is 4.23. The SMILES string of the molecule is Cc1ccc(NC(=O)c2ccc(OC(=O)COc3ccccc3)cc2)cc1. The van der Waals surface area contributed by atoms with Gasteiger partial charge in [-0.05, 0) is 55.5 Å². The Morgan fingerprint density at radius 3 is 2.15 bits per heavy atom. The third kappa shape index (κ3) is 5.44. The highest BCUT2D eigenvalue weighted by atomic mass is 16.6. The number of hydrogen-bond donors (Lipinski definition) is 1. The summed E-state index contributed by atoms with van der Waals surface area (Å²) >= 11 is 0. The number of hydrogen-bond acceptors (Lipinski definition) is 4. The molecule has 0 saturated heterocycles. The van der Waals surface area contributed by atoms with E-state index in [1.807, 2.05) is 49.4 Å². The number of para-hydroxylation sites is 1. The van der Waals surface area contributed by atoms with Gasteiger partial charge < -0.3 is 14.8 Å². The molecule has 0 aliphatic rings. The summed E-state index contributed by atoms with van der Waals surface area (Å²) in [5.74, 6) is 0.195. The van der Waals surface area contributed by atoms with Gasteiger partial charge in [0.2, 0.25) is 0 Å². The molecule has 3 rings (SSSR count). The van der Waals surface area contributed by atoms with Crippen LogP contribution in [0.4, 0.5) is 5.69 Å². The van der Waals surface area contributed by atoms with Crippen LogP contribution in [-0.4, -0.2) is 18.5 Å². The van der Waals surface area contributed by atoms with Gasteiger partial charge in [-0.15, -0.1) is 0 Å². The summed E-state index contributed by atoms with van der Waals surface area (Å²) in [4.78, 5) is 24.1. The van der Waals surface area contributed by atoms with Crippen LogP contribution in [0.3, 0.4) is 0 Å². The zero-order chi connectivity index (χ0) is 19.1. The van der Waals surface area contributed by atoms with Crippen molar-refractivity contribution in [3.63, 3.8) is 0 Å². The Bertz CT molecular complexity index is 903. The lowest BCUT2D eigenvalue weighted by atomic mass is 10.2. The van der Waals surface area contributed by atoms with Crippen molar-refractivity contribution in [1.82, 2.24) is 0 Å². The minimum Gasteiger partial charge on any atom is -0.482 e. The number of amides is 1. The van der Waals surface area contributed by atoms with Crippen LogP contribution in [0.1, 0.15) is 15.9 Å². The summed E-state index contributed by atoms with van der Waals surface area (Å²) in [6.07, 6.45) is 0. The van der Waals surface area contributed by atoms with E-state index in [-0.39, 0.29) is 12.5 Å². The maximum absolute atomic E-state index is 12.3. The molecule has 1 amide bonds. The van der Waals surface area contributed by atoms with E-state index in [1.165, 1.54) is 0 Å². The molecule has 3 aromatic rings. The van der Waals surface area contributed by atoms with Crippen LogP contribution in [0.15, 0.2) is 78.9 Å². The number of anilines is 1. The molecule has 0 aliphatic carbocycles. The molecule has 0 radical (unpaired) electrons. The number of esters is 1. The highest BCUT2D eigenvalue weighted by Gasteiger charge is 2.09. The average molecular weight is 361 g/mol. The van der Waals surface area contributed by atoms with Crippen LogP contribution in [0.2, 0.25) is 0 Å². The van der Waals surface area contributed by atoms with Crippen molar-refractivity contribution in [2.24, 2.45) is 0 Å². The Labute approximate surface area is 157 Å². The molecule has 0 aromatic heterocycles. The molecule has 0 aliphatic heterocycles. The first-order valence-corrected chi connectivity index (χ1v) is 8.47. The first-order chi connectivity index (χ1) is 13.1. The van der Waals surface area contributed by atoms with Crippen LogP contribution in [0.25, 0.3) is 0 Å². The first kappa shape index (κ1) is 18.2. The highest BCUT2D eigenvalue weighted by Crippen LogP contribution is 2.15. The van der Waals surface area contributed by atoms with Gasteiger partial charge in [0.05, 0.1) is 0 Å². The van der Waals surface area contributed by atoms with Crippen molar-refractivity contribution in [2.75, 3.05) is 11.9 Å². The Morgan fingerprint density at radius 2 is 1.48 bits per heavy atom. The number of ether oxygens (including phenoxy) is 2. The van der Waals surface area contributed by atoms with E-state index in [4.69, 9.17) is 9.47 Å². The summed E-state index contributed by atoms with van der Waals surface area (Å²) < 4.78 is 10.5. The van der Waals surface area contributed by atoms with Crippen molar-refractivity contribution >= 4 is 17.6 Å². The fourth-order valence-electron chi connectivity index (χ4n) is 2.33. The van der Waals surface area contributed by atoms with Gasteiger partial charge in [0.25, 0.3) is 5.91 Å². The summed E-state index contributed by atoms with van der Waals surface area (Å²) in [7, 11) is 0. The minimum absolute atomic E-state index is 0.195. The van der Waals surface area contributed by atoms with Crippen molar-refractivity contribution in [2.45, 2.75) is 6.92 Å². The van der Waals surface area contributed by atoms with E-state index in [0.29, 0.717) is 17.1 Å². The molecule has 0 spiro atoms. The van der Waals surface area contributed by atoms with Gasteiger partial charge in [0, 0.05) is 11.3 Å². The minimum atomic E-state index is -0.518. The zero-order valence-corrected chi connectivity index (χ0v) is 14.8. The molecular formula is C22H19NO4. The second-order valence-corrected chi connectivity index (χ2v) is 5.92. The number of carbonyl (C=O) groups excluding carboxylic acids is 2. The molecule has 0 bridgehead atoms. The molecule has 27 heavy (non-hydrogen) atoms. The maximum Gasteiger partial charge on any atom is 0.349 e. The Hall–Kier alpha value is -3.60. The van der Waals surface area contributed by atoms with Crippen molar-refractivity contribution in [1.29, 1.82) is 0 Å². The third-order valence-corrected chi connectivity index (χ3v) is 3.76. The molecule has 136 valence electrons. The normalized spacial score (nSPS) is 10.1. The lowest BCUT2D eigenvalue weighted by Crippen LogP contribution is -2.17. The van der Waals surface area contributed by atoms with Gasteiger partial charge in [0.1, 0.15) is 11.5 Å². The molecule has 0 atom stereocenters. The van der Waals surface area contributed by atoms with Crippen LogP contribution < -0.4 is 14.8 Å². The molecule has 0 saturated carbocycles. The second kappa shape index (κ2) is 8.67. The van der Waals surface area contributed by atoms with E-state index >= 15 is 0 Å². The summed E-state index contributed by atoms with van der Waals surface area (Å²) in [6, 6.07) is 22.9. The van der Waals surface area contributed by atoms with E-state index in [2.05, 4.69) is 5.32 Å². The monoisotopic (exact) mass is 361 g/mol. The molecule has 0 unspecified atom stereocenters. The largest absolute Gasteiger partial charge is 0.482 e. The molecule has 1 N–H and O–H groups in total. The van der Waals surface area contributed by atoms with E-state index in [9.17, 15) is 9.59 Å². The zero-order valence-electron chi connectivity index (χ0n) is 14.8. The van der Waals surface area contributed by atoms with Crippen molar-refractivity contribution < 1.29 is 19.1 Å². The lowest BCUT2D eigenvalue weighted by Gasteiger charge is -2.08. The Balaban J connectivity index is 1.52. The van der Waals surface area contributed by atoms with Crippen molar-refractivity contribution in [3.8, 4) is 11.5 Å². The van der Waals surface area contributed by atoms with E-state index in [0.717, 1.165) is 11.3 Å². The number of aryl methyl sites for hydroxylation is 1. The second-order valence-electron chi connectivity index (χ2n) is 5.92. The third-order valence-electron chi connectivity index (χ3n) is 3.76. The van der Waals surface area contributed by atoms with Gasteiger partial charge in [0.15, 0.2) is 6.61 Å². The van der Waals surface area contributed by atoms with Crippen molar-refractivity contribution in [3.05, 3.63) is 90.0 Å². The number of rotatable bonds is 6. The molecule has 5 nitrogen and oxygen atoms in total. The van der Waals surface area contributed by atoms with Gasteiger partial charge in [-0.25, -0.2) is 4.79 Å². The lowest BCUT2D eigenvalue weighted by molar-refractivity contribution is -0.136. The van der Waals surface area contributed by atoms with Gasteiger partial charge in [-0.2, -0.15) is 0 Å². The fourth-order valence-corrected chi connectivity index (χ4v) is 2.33. The summed E-state index contributed by atoms with van der Waals surface area (Å²) in [5.41, 5.74) is 2.31. The molecule has 5 heteroatoms. The van der Waals surface area contributed by atoms with Gasteiger partial charge >= 0.3 is 5.97 Å². The standard InChI is InChI=1S/C22H19NO4/c1-16-7-11-18(12-8-16)23-22(25)17-9-13-20(14-10-17)27-21(24)15-26-19-5-3-2-4-6-19/h2-14H,15H2,1H3,(H,23,25). The summed E-state index contributed by atoms with van der Waals surface area (Å²) in [6.45, 7) is 1.79. The number of nitrogens with one attached hydrogen (secondary N) is 1. The number of carbonyl (C=O) groups is 2. The van der Waals surface area contributed by atoms with Crippen LogP contribution in [-0.2, 0) is 4.79 Å². The first-order valence-electron chi connectivity index (χ1n) is 8.47. The van der Waals surface area contributed by atoms with Crippen LogP contribution in [0.5, 0.6) is 11.5 Å². The number of benzene rings is 3. The molecule has 3 aromatic carbocycles. The topological polar surface area (TPSA) is 64.6 Å². The maximum atomic E-state index is 12.3. The Morgan fingerprint density at radius 1 is 0.815 bits per heavy atom. The van der Waals surface area contributed by atoms with E-state index < -0.39 is 5.97 Å². The molecule has 0 heterocycles. The highest BCUT2D eigenvalue weighted by molar-refractivity contribution is 6.04. The Kier molecular flexibility index (Phi) is 5.84. The predicted molar refractivity (Wildman–Crippen MR) is 103 cm³/mol. The fraction of sp³-hybridized carbons (Fsp3) is 0.0909. The van der Waals surface area contributed by atoms with E-state index in [1.54, 1.807) is 36.4 Å². The smallest absolute Gasteiger partial charge is 0.349 e. The van der Waals surface area contributed by atoms with Gasteiger partial charge in [-0.3, -0.25) is 4.79 Å². The van der Waals surface area contributed by atoms with Crippen LogP contribution in [0, 0.1) is 6.92 Å². The van der Waals surface area contributed by atoms with Gasteiger partial charge in [-0.1, -0.05) is 35.9 Å². The van der Waals surface area contributed by atoms with Crippen LogP contribution >= 0.6 is 0 Å². The molecular weight excluding hydrogens is 342 g/mol. The summed E-state index contributed by atoms with van der Waals surface area (Å²) in [5, 5.41) is 2.82. The quantitative estimate of drug-likeness (QED) is 0.527.